The van der Waals surface area contributed by atoms with E-state index in [1.165, 1.54) is 24.9 Å². The van der Waals surface area contributed by atoms with E-state index >= 15 is 0 Å². The minimum absolute atomic E-state index is 0.0943. The third-order valence-electron chi connectivity index (χ3n) is 4.30. The van der Waals surface area contributed by atoms with Gasteiger partial charge in [0.15, 0.2) is 0 Å². The molecule has 0 bridgehead atoms. The van der Waals surface area contributed by atoms with E-state index in [1.807, 2.05) is 26.0 Å². The zero-order chi connectivity index (χ0) is 18.4. The lowest BCUT2D eigenvalue weighted by Gasteiger charge is -2.28. The fraction of sp³-hybridized carbons (Fsp3) is 0.400. The van der Waals surface area contributed by atoms with Gasteiger partial charge in [-0.15, -0.1) is 0 Å². The Balaban J connectivity index is 1.56. The fourth-order valence-corrected chi connectivity index (χ4v) is 3.03. The number of benzene rings is 1. The average Bonchev–Trinajstić information content (AvgIpc) is 2.64. The van der Waals surface area contributed by atoms with Gasteiger partial charge in [0.25, 0.3) is 0 Å². The van der Waals surface area contributed by atoms with Crippen LogP contribution in [0.3, 0.4) is 0 Å². The van der Waals surface area contributed by atoms with Crippen molar-refractivity contribution in [2.24, 2.45) is 0 Å². The lowest BCUT2D eigenvalue weighted by Crippen LogP contribution is -2.34. The van der Waals surface area contributed by atoms with Crippen LogP contribution in [0.5, 0.6) is 0 Å². The third kappa shape index (κ3) is 5.12. The molecule has 1 aromatic heterocycles. The molecule has 6 heteroatoms. The van der Waals surface area contributed by atoms with Gasteiger partial charge in [-0.1, -0.05) is 0 Å². The molecule has 1 fully saturated rings. The summed E-state index contributed by atoms with van der Waals surface area (Å²) in [5.41, 5.74) is 2.93. The predicted molar refractivity (Wildman–Crippen MR) is 107 cm³/mol. The molecule has 2 heterocycles. The molecule has 0 atom stereocenters. The van der Waals surface area contributed by atoms with Crippen LogP contribution in [0.4, 0.5) is 27.7 Å². The first-order valence-electron chi connectivity index (χ1n) is 9.26. The molecule has 1 aliphatic heterocycles. The molecule has 3 rings (SSSR count). The molecule has 0 saturated carbocycles. The highest BCUT2D eigenvalue weighted by Gasteiger charge is 2.10. The predicted octanol–water partition coefficient (Wildman–Crippen LogP) is 4.35. The second-order valence-electron chi connectivity index (χ2n) is 6.90. The maximum Gasteiger partial charge on any atom is 0.319 e. The first kappa shape index (κ1) is 18.0. The Morgan fingerprint density at radius 2 is 1.69 bits per heavy atom. The number of urea groups is 1. The van der Waals surface area contributed by atoms with Crippen molar-refractivity contribution in [1.82, 2.24) is 10.3 Å². The average molecular weight is 353 g/mol. The van der Waals surface area contributed by atoms with Crippen LogP contribution >= 0.6 is 0 Å². The Morgan fingerprint density at radius 1 is 1.00 bits per heavy atom. The van der Waals surface area contributed by atoms with Crippen molar-refractivity contribution < 1.29 is 4.79 Å². The molecule has 1 aromatic carbocycles. The number of carbonyl (C=O) groups excluding carboxylic acids is 1. The summed E-state index contributed by atoms with van der Waals surface area (Å²) in [5, 5.41) is 8.83. The molecule has 3 N–H and O–H groups in total. The zero-order valence-electron chi connectivity index (χ0n) is 15.5. The third-order valence-corrected chi connectivity index (χ3v) is 4.30. The van der Waals surface area contributed by atoms with Gasteiger partial charge in [-0.2, -0.15) is 0 Å². The molecule has 0 aliphatic carbocycles. The van der Waals surface area contributed by atoms with Crippen LogP contribution in [0, 0.1) is 0 Å². The van der Waals surface area contributed by atoms with Crippen LogP contribution in [0.1, 0.15) is 33.1 Å². The van der Waals surface area contributed by atoms with Gasteiger partial charge in [-0.05, 0) is 69.5 Å². The van der Waals surface area contributed by atoms with Crippen molar-refractivity contribution in [1.29, 1.82) is 0 Å². The summed E-state index contributed by atoms with van der Waals surface area (Å²) in [6, 6.07) is 12.0. The van der Waals surface area contributed by atoms with Gasteiger partial charge in [0.05, 0.1) is 11.9 Å². The molecule has 0 unspecified atom stereocenters. The molecular weight excluding hydrogens is 326 g/mol. The summed E-state index contributed by atoms with van der Waals surface area (Å²) in [4.78, 5) is 18.5. The van der Waals surface area contributed by atoms with Crippen LogP contribution < -0.4 is 20.9 Å². The largest absolute Gasteiger partial charge is 0.372 e. The molecule has 1 aliphatic rings. The molecule has 0 radical (unpaired) electrons. The number of carbonyl (C=O) groups is 1. The highest BCUT2D eigenvalue weighted by molar-refractivity contribution is 5.89. The Bertz CT molecular complexity index is 706. The van der Waals surface area contributed by atoms with E-state index < -0.39 is 0 Å². The lowest BCUT2D eigenvalue weighted by molar-refractivity contribution is 0.250. The van der Waals surface area contributed by atoms with E-state index in [0.717, 1.165) is 24.6 Å². The Morgan fingerprint density at radius 3 is 2.31 bits per heavy atom. The number of nitrogens with zero attached hydrogens (tertiary/aromatic N) is 2. The molecule has 1 saturated heterocycles. The number of hydrogen-bond donors (Lipinski definition) is 3. The van der Waals surface area contributed by atoms with Crippen molar-refractivity contribution in [3.63, 3.8) is 0 Å². The van der Waals surface area contributed by atoms with E-state index in [0.29, 0.717) is 5.69 Å². The second kappa shape index (κ2) is 8.56. The Labute approximate surface area is 155 Å². The van der Waals surface area contributed by atoms with Gasteiger partial charge in [0.2, 0.25) is 0 Å². The summed E-state index contributed by atoms with van der Waals surface area (Å²) in [6.45, 7) is 6.13. The minimum Gasteiger partial charge on any atom is -0.372 e. The monoisotopic (exact) mass is 353 g/mol. The van der Waals surface area contributed by atoms with Crippen LogP contribution in [0.15, 0.2) is 42.6 Å². The molecule has 138 valence electrons. The van der Waals surface area contributed by atoms with E-state index in [9.17, 15) is 4.79 Å². The topological polar surface area (TPSA) is 69.3 Å². The first-order chi connectivity index (χ1) is 12.6. The second-order valence-corrected chi connectivity index (χ2v) is 6.90. The number of anilines is 4. The highest BCUT2D eigenvalue weighted by atomic mass is 16.2. The van der Waals surface area contributed by atoms with Gasteiger partial charge in [0, 0.05) is 30.5 Å². The number of nitrogens with one attached hydrogen (secondary N) is 3. The number of amides is 2. The van der Waals surface area contributed by atoms with Crippen molar-refractivity contribution in [2.75, 3.05) is 28.6 Å². The van der Waals surface area contributed by atoms with Crippen molar-refractivity contribution in [3.05, 3.63) is 42.6 Å². The molecular formula is C20H27N5O. The van der Waals surface area contributed by atoms with E-state index in [2.05, 4.69) is 50.1 Å². The van der Waals surface area contributed by atoms with Gasteiger partial charge >= 0.3 is 6.03 Å². The number of aromatic nitrogens is 1. The molecule has 2 amide bonds. The van der Waals surface area contributed by atoms with Crippen molar-refractivity contribution in [3.8, 4) is 0 Å². The normalized spacial score (nSPS) is 14.2. The standard InChI is InChI=1S/C20H27N5O/c1-15(2)22-20(26)24-17-8-11-19(21-14-17)23-16-6-9-18(10-7-16)25-12-4-3-5-13-25/h6-11,14-15H,3-5,12-13H2,1-2H3,(H,21,23)(H2,22,24,26). The van der Waals surface area contributed by atoms with Gasteiger partial charge in [-0.25, -0.2) is 9.78 Å². The minimum atomic E-state index is -0.226. The maximum atomic E-state index is 11.7. The van der Waals surface area contributed by atoms with Gasteiger partial charge < -0.3 is 20.9 Å². The summed E-state index contributed by atoms with van der Waals surface area (Å²) in [7, 11) is 0. The van der Waals surface area contributed by atoms with Gasteiger partial charge in [0.1, 0.15) is 5.82 Å². The highest BCUT2D eigenvalue weighted by Crippen LogP contribution is 2.23. The lowest BCUT2D eigenvalue weighted by atomic mass is 10.1. The smallest absolute Gasteiger partial charge is 0.319 e. The zero-order valence-corrected chi connectivity index (χ0v) is 15.5. The molecule has 6 nitrogen and oxygen atoms in total. The molecule has 2 aromatic rings. The molecule has 0 spiro atoms. The summed E-state index contributed by atoms with van der Waals surface area (Å²) < 4.78 is 0. The van der Waals surface area contributed by atoms with E-state index in [1.54, 1.807) is 6.20 Å². The van der Waals surface area contributed by atoms with Crippen LogP contribution in [-0.2, 0) is 0 Å². The summed E-state index contributed by atoms with van der Waals surface area (Å²) in [6.07, 6.45) is 5.54. The quantitative estimate of drug-likeness (QED) is 0.748. The summed E-state index contributed by atoms with van der Waals surface area (Å²) >= 11 is 0. The van der Waals surface area contributed by atoms with E-state index in [4.69, 9.17) is 0 Å². The Hall–Kier alpha value is -2.76. The van der Waals surface area contributed by atoms with Gasteiger partial charge in [-0.3, -0.25) is 0 Å². The number of pyridine rings is 1. The van der Waals surface area contributed by atoms with Crippen molar-refractivity contribution >= 4 is 28.9 Å². The number of piperidine rings is 1. The SMILES string of the molecule is CC(C)NC(=O)Nc1ccc(Nc2ccc(N3CCCCC3)cc2)nc1. The Kier molecular flexibility index (Phi) is 5.94. The number of hydrogen-bond acceptors (Lipinski definition) is 4. The summed E-state index contributed by atoms with van der Waals surface area (Å²) in [5.74, 6) is 0.741. The maximum absolute atomic E-state index is 11.7. The molecule has 26 heavy (non-hydrogen) atoms. The fourth-order valence-electron chi connectivity index (χ4n) is 3.03. The van der Waals surface area contributed by atoms with Crippen LogP contribution in [0.25, 0.3) is 0 Å². The van der Waals surface area contributed by atoms with E-state index in [-0.39, 0.29) is 12.1 Å². The van der Waals surface area contributed by atoms with Crippen molar-refractivity contribution in [2.45, 2.75) is 39.2 Å². The van der Waals surface area contributed by atoms with Crippen LogP contribution in [0.2, 0.25) is 0 Å². The van der Waals surface area contributed by atoms with Crippen LogP contribution in [-0.4, -0.2) is 30.1 Å². The first-order valence-corrected chi connectivity index (χ1v) is 9.26. The number of rotatable bonds is 5.